The van der Waals surface area contributed by atoms with Gasteiger partial charge in [0, 0.05) is 29.9 Å². The molecular weight excluding hydrogens is 404 g/mol. The van der Waals surface area contributed by atoms with Crippen LogP contribution in [0.1, 0.15) is 31.2 Å². The Morgan fingerprint density at radius 2 is 1.83 bits per heavy atom. The molecule has 0 spiro atoms. The van der Waals surface area contributed by atoms with E-state index in [1.165, 1.54) is 20.3 Å². The molecule has 1 saturated carbocycles. The molecule has 1 amide bonds. The fourth-order valence-electron chi connectivity index (χ4n) is 4.29. The van der Waals surface area contributed by atoms with Crippen molar-refractivity contribution in [3.63, 3.8) is 0 Å². The SMILES string of the molecule is COc1ccc(OC)c(S(=O)(=O)Nc2ccc3c(c2)CCN3C(=O)C2CCCC2)c1. The van der Waals surface area contributed by atoms with Crippen LogP contribution in [0.25, 0.3) is 0 Å². The predicted molar refractivity (Wildman–Crippen MR) is 115 cm³/mol. The zero-order chi connectivity index (χ0) is 21.3. The van der Waals surface area contributed by atoms with E-state index >= 15 is 0 Å². The summed E-state index contributed by atoms with van der Waals surface area (Å²) in [4.78, 5) is 14.7. The highest BCUT2D eigenvalue weighted by Gasteiger charge is 2.32. The molecule has 0 atom stereocenters. The van der Waals surface area contributed by atoms with Gasteiger partial charge in [-0.15, -0.1) is 0 Å². The maximum absolute atomic E-state index is 13.0. The van der Waals surface area contributed by atoms with Crippen LogP contribution in [0, 0.1) is 5.92 Å². The van der Waals surface area contributed by atoms with Gasteiger partial charge in [0.15, 0.2) is 0 Å². The van der Waals surface area contributed by atoms with Crippen LogP contribution < -0.4 is 19.1 Å². The van der Waals surface area contributed by atoms with Crippen LogP contribution in [0.15, 0.2) is 41.3 Å². The van der Waals surface area contributed by atoms with Gasteiger partial charge in [0.25, 0.3) is 10.0 Å². The van der Waals surface area contributed by atoms with E-state index in [2.05, 4.69) is 4.72 Å². The van der Waals surface area contributed by atoms with E-state index in [-0.39, 0.29) is 22.5 Å². The van der Waals surface area contributed by atoms with Crippen molar-refractivity contribution >= 4 is 27.3 Å². The third-order valence-corrected chi connectivity index (χ3v) is 7.26. The van der Waals surface area contributed by atoms with E-state index in [1.54, 1.807) is 18.2 Å². The zero-order valence-corrected chi connectivity index (χ0v) is 18.0. The highest BCUT2D eigenvalue weighted by molar-refractivity contribution is 7.92. The van der Waals surface area contributed by atoms with Crippen LogP contribution in [0.5, 0.6) is 11.5 Å². The van der Waals surface area contributed by atoms with Crippen molar-refractivity contribution in [2.24, 2.45) is 5.92 Å². The summed E-state index contributed by atoms with van der Waals surface area (Å²) in [6, 6.07) is 9.96. The first-order chi connectivity index (χ1) is 14.4. The number of sulfonamides is 1. The van der Waals surface area contributed by atoms with E-state index < -0.39 is 10.0 Å². The van der Waals surface area contributed by atoms with Gasteiger partial charge in [-0.1, -0.05) is 12.8 Å². The molecule has 30 heavy (non-hydrogen) atoms. The van der Waals surface area contributed by atoms with Crippen LogP contribution in [0.3, 0.4) is 0 Å². The Kier molecular flexibility index (Phi) is 5.60. The molecule has 2 aromatic rings. The van der Waals surface area contributed by atoms with Gasteiger partial charge in [-0.25, -0.2) is 8.42 Å². The number of rotatable bonds is 6. The number of anilines is 2. The van der Waals surface area contributed by atoms with Gasteiger partial charge >= 0.3 is 0 Å². The smallest absolute Gasteiger partial charge is 0.265 e. The Bertz CT molecular complexity index is 1060. The molecule has 0 unspecified atom stereocenters. The molecule has 0 aromatic heterocycles. The minimum Gasteiger partial charge on any atom is -0.497 e. The summed E-state index contributed by atoms with van der Waals surface area (Å²) in [5, 5.41) is 0. The highest BCUT2D eigenvalue weighted by atomic mass is 32.2. The third-order valence-electron chi connectivity index (χ3n) is 5.86. The van der Waals surface area contributed by atoms with Crippen LogP contribution in [0.4, 0.5) is 11.4 Å². The number of hydrogen-bond donors (Lipinski definition) is 1. The molecule has 0 radical (unpaired) electrons. The first kappa shape index (κ1) is 20.5. The van der Waals surface area contributed by atoms with E-state index in [0.29, 0.717) is 24.4 Å². The molecule has 1 fully saturated rings. The van der Waals surface area contributed by atoms with Crippen molar-refractivity contribution in [2.75, 3.05) is 30.4 Å². The average Bonchev–Trinajstić information content (AvgIpc) is 3.42. The molecule has 2 aromatic carbocycles. The maximum atomic E-state index is 13.0. The Morgan fingerprint density at radius 1 is 1.07 bits per heavy atom. The third kappa shape index (κ3) is 3.84. The van der Waals surface area contributed by atoms with Crippen molar-refractivity contribution in [2.45, 2.75) is 37.0 Å². The molecule has 160 valence electrons. The van der Waals surface area contributed by atoms with Gasteiger partial charge in [0.2, 0.25) is 5.91 Å². The van der Waals surface area contributed by atoms with E-state index in [0.717, 1.165) is 36.9 Å². The molecule has 0 saturated heterocycles. The van der Waals surface area contributed by atoms with Gasteiger partial charge in [0.1, 0.15) is 16.4 Å². The largest absolute Gasteiger partial charge is 0.497 e. The molecular formula is C22H26N2O5S. The van der Waals surface area contributed by atoms with Gasteiger partial charge in [0.05, 0.1) is 14.2 Å². The summed E-state index contributed by atoms with van der Waals surface area (Å²) in [6.45, 7) is 0.643. The van der Waals surface area contributed by atoms with Gasteiger partial charge < -0.3 is 14.4 Å². The number of benzene rings is 2. The lowest BCUT2D eigenvalue weighted by Gasteiger charge is -2.21. The number of methoxy groups -OCH3 is 2. The Hall–Kier alpha value is -2.74. The second kappa shape index (κ2) is 8.18. The molecule has 1 aliphatic carbocycles. The predicted octanol–water partition coefficient (Wildman–Crippen LogP) is 3.58. The Labute approximate surface area is 177 Å². The summed E-state index contributed by atoms with van der Waals surface area (Å²) in [5.41, 5.74) is 2.31. The Balaban J connectivity index is 1.57. The summed E-state index contributed by atoms with van der Waals surface area (Å²) in [5.74, 6) is 0.972. The molecule has 1 heterocycles. The van der Waals surface area contributed by atoms with E-state index in [1.807, 2.05) is 17.0 Å². The van der Waals surface area contributed by atoms with Gasteiger partial charge in [-0.2, -0.15) is 0 Å². The quantitative estimate of drug-likeness (QED) is 0.757. The minimum atomic E-state index is -3.88. The number of carbonyl (C=O) groups excluding carboxylic acids is 1. The van der Waals surface area contributed by atoms with Crippen molar-refractivity contribution in [3.8, 4) is 11.5 Å². The lowest BCUT2D eigenvalue weighted by molar-refractivity contribution is -0.122. The fourth-order valence-corrected chi connectivity index (χ4v) is 5.53. The first-order valence-corrected chi connectivity index (χ1v) is 11.6. The fraction of sp³-hybridized carbons (Fsp3) is 0.409. The van der Waals surface area contributed by atoms with Crippen LogP contribution in [-0.2, 0) is 21.2 Å². The standard InChI is InChI=1S/C22H26N2O5S/c1-28-18-8-10-20(29-2)21(14-18)30(26,27)23-17-7-9-19-16(13-17)11-12-24(19)22(25)15-5-3-4-6-15/h7-10,13-15,23H,3-6,11-12H2,1-2H3. The van der Waals surface area contributed by atoms with Gasteiger partial charge in [-0.05, 0) is 55.2 Å². The summed E-state index contributed by atoms with van der Waals surface area (Å²) in [6.07, 6.45) is 4.87. The number of hydrogen-bond acceptors (Lipinski definition) is 5. The summed E-state index contributed by atoms with van der Waals surface area (Å²) >= 11 is 0. The normalized spacial score (nSPS) is 16.4. The van der Waals surface area contributed by atoms with Crippen molar-refractivity contribution in [1.82, 2.24) is 0 Å². The minimum absolute atomic E-state index is 0.00267. The Morgan fingerprint density at radius 3 is 2.53 bits per heavy atom. The number of nitrogens with one attached hydrogen (secondary N) is 1. The number of fused-ring (bicyclic) bond motifs is 1. The molecule has 1 aliphatic heterocycles. The van der Waals surface area contributed by atoms with E-state index in [4.69, 9.17) is 9.47 Å². The number of ether oxygens (including phenoxy) is 2. The maximum Gasteiger partial charge on any atom is 0.265 e. The lowest BCUT2D eigenvalue weighted by atomic mass is 10.1. The second-order valence-electron chi connectivity index (χ2n) is 7.69. The van der Waals surface area contributed by atoms with Gasteiger partial charge in [-0.3, -0.25) is 9.52 Å². The van der Waals surface area contributed by atoms with Crippen LogP contribution in [-0.4, -0.2) is 35.1 Å². The summed E-state index contributed by atoms with van der Waals surface area (Å²) in [7, 11) is -0.985. The lowest BCUT2D eigenvalue weighted by Crippen LogP contribution is -2.33. The van der Waals surface area contributed by atoms with Crippen molar-refractivity contribution in [3.05, 3.63) is 42.0 Å². The number of amides is 1. The summed E-state index contributed by atoms with van der Waals surface area (Å²) < 4.78 is 39.0. The van der Waals surface area contributed by atoms with Crippen molar-refractivity contribution in [1.29, 1.82) is 0 Å². The molecule has 8 heteroatoms. The molecule has 1 N–H and O–H groups in total. The second-order valence-corrected chi connectivity index (χ2v) is 9.34. The average molecular weight is 431 g/mol. The molecule has 0 bridgehead atoms. The topological polar surface area (TPSA) is 84.9 Å². The first-order valence-electron chi connectivity index (χ1n) is 10.1. The molecule has 7 nitrogen and oxygen atoms in total. The van der Waals surface area contributed by atoms with Crippen LogP contribution in [0.2, 0.25) is 0 Å². The van der Waals surface area contributed by atoms with E-state index in [9.17, 15) is 13.2 Å². The molecule has 2 aliphatic rings. The zero-order valence-electron chi connectivity index (χ0n) is 17.2. The monoisotopic (exact) mass is 430 g/mol. The highest BCUT2D eigenvalue weighted by Crippen LogP contribution is 2.36. The number of carbonyl (C=O) groups is 1. The molecule has 4 rings (SSSR count). The number of nitrogens with zero attached hydrogens (tertiary/aromatic N) is 1. The van der Waals surface area contributed by atoms with Crippen LogP contribution >= 0.6 is 0 Å². The van der Waals surface area contributed by atoms with Crippen molar-refractivity contribution < 1.29 is 22.7 Å².